The molecule has 1 heterocycles. The van der Waals surface area contributed by atoms with Crippen LogP contribution in [-0.2, 0) is 22.5 Å². The number of hydrogen-bond acceptors (Lipinski definition) is 3. The third kappa shape index (κ3) is 4.08. The average molecular weight is 425 g/mol. The summed E-state index contributed by atoms with van der Waals surface area (Å²) in [6.07, 6.45) is 9.42. The maximum atomic E-state index is 12.7. The normalized spacial score (nSPS) is 31.8. The Kier molecular flexibility index (Phi) is 5.25. The molecule has 4 bridgehead atoms. The second-order valence-corrected chi connectivity index (χ2v) is 11.7. The Morgan fingerprint density at radius 1 is 1.17 bits per heavy atom. The summed E-state index contributed by atoms with van der Waals surface area (Å²) in [5.41, 5.74) is 5.52. The van der Waals surface area contributed by atoms with Gasteiger partial charge in [-0.2, -0.15) is 4.57 Å². The molecular formula is C26H34NO2S+. The molecule has 1 aromatic heterocycles. The first-order valence-electron chi connectivity index (χ1n) is 11.6. The van der Waals surface area contributed by atoms with Crippen molar-refractivity contribution in [2.75, 3.05) is 6.61 Å². The van der Waals surface area contributed by atoms with Gasteiger partial charge < -0.3 is 4.74 Å². The van der Waals surface area contributed by atoms with E-state index in [9.17, 15) is 4.79 Å². The number of thiazole rings is 1. The van der Waals surface area contributed by atoms with Crippen LogP contribution in [0.3, 0.4) is 0 Å². The summed E-state index contributed by atoms with van der Waals surface area (Å²) >= 11 is 1.77. The smallest absolute Gasteiger partial charge is 0.306 e. The molecule has 0 radical (unpaired) electrons. The van der Waals surface area contributed by atoms with Crippen molar-refractivity contribution in [2.24, 2.45) is 22.7 Å². The van der Waals surface area contributed by atoms with E-state index in [1.165, 1.54) is 54.7 Å². The molecule has 0 aliphatic heterocycles. The summed E-state index contributed by atoms with van der Waals surface area (Å²) in [4.78, 5) is 14.0. The fourth-order valence-corrected chi connectivity index (χ4v) is 8.35. The Morgan fingerprint density at radius 2 is 1.90 bits per heavy atom. The lowest BCUT2D eigenvalue weighted by Crippen LogP contribution is -2.51. The van der Waals surface area contributed by atoms with Crippen molar-refractivity contribution in [3.05, 3.63) is 52.0 Å². The summed E-state index contributed by atoms with van der Waals surface area (Å²) < 4.78 is 8.06. The number of ether oxygens (including phenoxy) is 1. The molecule has 4 heteroatoms. The molecule has 0 N–H and O–H groups in total. The van der Waals surface area contributed by atoms with Gasteiger partial charge in [-0.1, -0.05) is 48.6 Å². The SMILES string of the molecule is Cc1c(CCOC(=O)CC23C[C@H]4C[C@@H](CC(C)(C4)C2)C3)sc[n+]1Cc1ccccc1. The van der Waals surface area contributed by atoms with Crippen molar-refractivity contribution in [1.82, 2.24) is 0 Å². The zero-order valence-corrected chi connectivity index (χ0v) is 19.2. The van der Waals surface area contributed by atoms with Crippen LogP contribution in [0.2, 0.25) is 0 Å². The van der Waals surface area contributed by atoms with E-state index in [0.29, 0.717) is 18.4 Å². The molecule has 3 nitrogen and oxygen atoms in total. The average Bonchev–Trinajstić information content (AvgIpc) is 3.00. The molecule has 4 aliphatic rings. The topological polar surface area (TPSA) is 30.2 Å². The first-order chi connectivity index (χ1) is 14.4. The van der Waals surface area contributed by atoms with Crippen molar-refractivity contribution >= 4 is 17.3 Å². The molecule has 2 atom stereocenters. The van der Waals surface area contributed by atoms with Crippen LogP contribution in [0.1, 0.15) is 68.0 Å². The molecule has 30 heavy (non-hydrogen) atoms. The third-order valence-corrected chi connectivity index (χ3v) is 9.08. The minimum atomic E-state index is 0.0342. The van der Waals surface area contributed by atoms with Gasteiger partial charge in [0, 0.05) is 18.9 Å². The molecule has 0 spiro atoms. The number of nitrogens with zero attached hydrogens (tertiary/aromatic N) is 1. The fourth-order valence-electron chi connectivity index (χ4n) is 7.38. The van der Waals surface area contributed by atoms with E-state index in [2.05, 4.69) is 54.3 Å². The number of rotatable bonds is 7. The van der Waals surface area contributed by atoms with Gasteiger partial charge in [0.25, 0.3) is 0 Å². The minimum absolute atomic E-state index is 0.0342. The van der Waals surface area contributed by atoms with E-state index in [0.717, 1.165) is 24.8 Å². The predicted octanol–water partition coefficient (Wildman–Crippen LogP) is 5.47. The lowest BCUT2D eigenvalue weighted by Gasteiger charge is -2.61. The lowest BCUT2D eigenvalue weighted by atomic mass is 9.44. The third-order valence-electron chi connectivity index (χ3n) is 7.94. The molecule has 4 saturated carbocycles. The number of carbonyl (C=O) groups is 1. The van der Waals surface area contributed by atoms with Crippen LogP contribution in [0.4, 0.5) is 0 Å². The van der Waals surface area contributed by atoms with Crippen LogP contribution < -0.4 is 4.57 Å². The summed E-state index contributed by atoms with van der Waals surface area (Å²) in [5.74, 6) is 1.75. The molecule has 0 saturated heterocycles. The van der Waals surface area contributed by atoms with Gasteiger partial charge in [0.05, 0.1) is 17.9 Å². The van der Waals surface area contributed by atoms with Crippen LogP contribution in [0.5, 0.6) is 0 Å². The van der Waals surface area contributed by atoms with Crippen LogP contribution in [0.25, 0.3) is 0 Å². The van der Waals surface area contributed by atoms with E-state index < -0.39 is 0 Å². The van der Waals surface area contributed by atoms with Gasteiger partial charge in [-0.3, -0.25) is 4.79 Å². The Morgan fingerprint density at radius 3 is 2.60 bits per heavy atom. The van der Waals surface area contributed by atoms with Crippen LogP contribution in [-0.4, -0.2) is 12.6 Å². The summed E-state index contributed by atoms with van der Waals surface area (Å²) in [6.45, 7) is 6.04. The second kappa shape index (κ2) is 7.78. The Balaban J connectivity index is 1.14. The van der Waals surface area contributed by atoms with Crippen molar-refractivity contribution < 1.29 is 14.1 Å². The summed E-state index contributed by atoms with van der Waals surface area (Å²) in [7, 11) is 0. The van der Waals surface area contributed by atoms with E-state index in [-0.39, 0.29) is 11.4 Å². The molecule has 2 aromatic rings. The molecule has 6 rings (SSSR count). The van der Waals surface area contributed by atoms with E-state index in [4.69, 9.17) is 4.74 Å². The highest BCUT2D eigenvalue weighted by atomic mass is 32.1. The highest BCUT2D eigenvalue weighted by molar-refractivity contribution is 7.09. The molecular weight excluding hydrogens is 390 g/mol. The highest BCUT2D eigenvalue weighted by Crippen LogP contribution is 2.66. The zero-order chi connectivity index (χ0) is 20.8. The van der Waals surface area contributed by atoms with E-state index >= 15 is 0 Å². The largest absolute Gasteiger partial charge is 0.465 e. The highest BCUT2D eigenvalue weighted by Gasteiger charge is 2.56. The van der Waals surface area contributed by atoms with Gasteiger partial charge in [0.15, 0.2) is 12.2 Å². The number of hydrogen-bond donors (Lipinski definition) is 0. The standard InChI is InChI=1S/C26H34NO2S/c1-19-23(30-18-27(19)16-20-6-4-3-5-7-20)8-9-29-24(28)15-26-13-21-10-22(14-26)12-25(2,11-21)17-26/h3-7,18,21-22H,8-17H2,1-2H3/q+1/t21-,22-,25?,26?/m0/s1. The molecule has 160 valence electrons. The summed E-state index contributed by atoms with van der Waals surface area (Å²) in [5, 5.41) is 0. The van der Waals surface area contributed by atoms with Gasteiger partial charge >= 0.3 is 5.97 Å². The zero-order valence-electron chi connectivity index (χ0n) is 18.4. The number of aromatic nitrogens is 1. The van der Waals surface area contributed by atoms with E-state index in [1.54, 1.807) is 11.3 Å². The molecule has 1 aromatic carbocycles. The van der Waals surface area contributed by atoms with E-state index in [1.807, 2.05) is 0 Å². The number of benzene rings is 1. The van der Waals surface area contributed by atoms with Gasteiger partial charge in [0.2, 0.25) is 5.51 Å². The van der Waals surface area contributed by atoms with Crippen molar-refractivity contribution in [2.45, 2.75) is 71.8 Å². The maximum Gasteiger partial charge on any atom is 0.306 e. The van der Waals surface area contributed by atoms with Gasteiger partial charge in [-0.05, 0) is 61.2 Å². The van der Waals surface area contributed by atoms with Crippen LogP contribution in [0, 0.1) is 29.6 Å². The second-order valence-electron chi connectivity index (χ2n) is 10.8. The Labute approximate surface area is 184 Å². The van der Waals surface area contributed by atoms with Crippen LogP contribution in [0.15, 0.2) is 35.8 Å². The monoisotopic (exact) mass is 424 g/mol. The Hall–Kier alpha value is -1.68. The molecule has 0 amide bonds. The first kappa shape index (κ1) is 20.2. The Bertz CT molecular complexity index is 904. The molecule has 0 unspecified atom stereocenters. The quantitative estimate of drug-likeness (QED) is 0.435. The first-order valence-corrected chi connectivity index (χ1v) is 12.5. The fraction of sp³-hybridized carbons (Fsp3) is 0.615. The summed E-state index contributed by atoms with van der Waals surface area (Å²) in [6, 6.07) is 10.6. The van der Waals surface area contributed by atoms with Gasteiger partial charge in [0.1, 0.15) is 0 Å². The minimum Gasteiger partial charge on any atom is -0.465 e. The van der Waals surface area contributed by atoms with Gasteiger partial charge in [-0.15, -0.1) is 0 Å². The predicted molar refractivity (Wildman–Crippen MR) is 119 cm³/mol. The van der Waals surface area contributed by atoms with Crippen LogP contribution >= 0.6 is 11.3 Å². The van der Waals surface area contributed by atoms with Crippen molar-refractivity contribution in [3.63, 3.8) is 0 Å². The van der Waals surface area contributed by atoms with Gasteiger partial charge in [-0.25, -0.2) is 0 Å². The number of carbonyl (C=O) groups excluding carboxylic acids is 1. The molecule has 4 fully saturated rings. The maximum absolute atomic E-state index is 12.7. The molecule has 4 aliphatic carbocycles. The number of esters is 1. The van der Waals surface area contributed by atoms with Crippen molar-refractivity contribution in [3.8, 4) is 0 Å². The van der Waals surface area contributed by atoms with Crippen molar-refractivity contribution in [1.29, 1.82) is 0 Å². The lowest BCUT2D eigenvalue weighted by molar-refractivity contribution is -0.689.